The van der Waals surface area contributed by atoms with Crippen LogP contribution in [0.4, 0.5) is 21.8 Å². The van der Waals surface area contributed by atoms with Crippen LogP contribution >= 0.6 is 0 Å². The molecule has 9 nitrogen and oxygen atoms in total. The molecular formula is C19H20FN7O2S. The second-order valence-corrected chi connectivity index (χ2v) is 8.49. The molecular weight excluding hydrogens is 409 g/mol. The first-order valence-electron chi connectivity index (χ1n) is 9.69. The van der Waals surface area contributed by atoms with Gasteiger partial charge >= 0.3 is 0 Å². The van der Waals surface area contributed by atoms with Gasteiger partial charge in [0.25, 0.3) is 0 Å². The first-order valence-corrected chi connectivity index (χ1v) is 10.8. The average Bonchev–Trinajstić information content (AvgIpc) is 3.14. The summed E-state index contributed by atoms with van der Waals surface area (Å²) in [5.74, 6) is 0.746. The Bertz CT molecular complexity index is 1170. The van der Waals surface area contributed by atoms with Gasteiger partial charge in [-0.2, -0.15) is 9.37 Å². The molecule has 2 aliphatic rings. The fraction of sp³-hybridized carbons (Fsp3) is 0.368. The van der Waals surface area contributed by atoms with Gasteiger partial charge in [-0.05, 0) is 31.0 Å². The largest absolute Gasteiger partial charge is 0.323 e. The lowest BCUT2D eigenvalue weighted by Crippen LogP contribution is -2.46. The van der Waals surface area contributed by atoms with Crippen LogP contribution in [0.1, 0.15) is 32.1 Å². The van der Waals surface area contributed by atoms with E-state index in [9.17, 15) is 4.21 Å². The third kappa shape index (κ3) is 2.96. The normalized spacial score (nSPS) is 18.9. The van der Waals surface area contributed by atoms with Crippen LogP contribution in [-0.2, 0) is 16.6 Å². The van der Waals surface area contributed by atoms with Crippen molar-refractivity contribution in [2.24, 2.45) is 5.10 Å². The van der Waals surface area contributed by atoms with E-state index in [-0.39, 0.29) is 11.0 Å². The molecule has 156 valence electrons. The summed E-state index contributed by atoms with van der Waals surface area (Å²) >= 11 is -2.14. The number of rotatable bonds is 3. The minimum absolute atomic E-state index is 0.0645. The van der Waals surface area contributed by atoms with E-state index in [2.05, 4.69) is 25.4 Å². The maximum Gasteiger partial charge on any atom is 0.233 e. The highest BCUT2D eigenvalue weighted by atomic mass is 32.2. The summed E-state index contributed by atoms with van der Waals surface area (Å²) < 4.78 is 37.3. The smallest absolute Gasteiger partial charge is 0.233 e. The monoisotopic (exact) mass is 429 g/mol. The second kappa shape index (κ2) is 7.10. The molecule has 0 radical (unpaired) electrons. The van der Waals surface area contributed by atoms with Gasteiger partial charge in [-0.15, -0.1) is 5.10 Å². The molecule has 3 aromatic rings. The van der Waals surface area contributed by atoms with Crippen molar-refractivity contribution in [1.82, 2.24) is 19.5 Å². The van der Waals surface area contributed by atoms with Crippen molar-refractivity contribution in [1.29, 1.82) is 0 Å². The molecule has 2 N–H and O–H groups in total. The molecule has 1 aliphatic heterocycles. The number of halogens is 1. The van der Waals surface area contributed by atoms with Gasteiger partial charge in [0.05, 0.1) is 11.9 Å². The number of pyridine rings is 1. The van der Waals surface area contributed by atoms with E-state index in [0.29, 0.717) is 30.1 Å². The van der Waals surface area contributed by atoms with Crippen molar-refractivity contribution in [2.45, 2.75) is 42.7 Å². The van der Waals surface area contributed by atoms with Crippen molar-refractivity contribution < 1.29 is 13.2 Å². The molecule has 1 atom stereocenters. The molecule has 1 unspecified atom stereocenters. The molecule has 0 aromatic carbocycles. The van der Waals surface area contributed by atoms with E-state index in [4.69, 9.17) is 4.55 Å². The first kappa shape index (κ1) is 19.1. The molecule has 1 saturated carbocycles. The van der Waals surface area contributed by atoms with Crippen LogP contribution in [-0.4, -0.2) is 41.3 Å². The zero-order chi connectivity index (χ0) is 20.9. The first-order chi connectivity index (χ1) is 14.5. The number of nitrogens with one attached hydrogen (secondary N) is 1. The molecule has 1 spiro atoms. The van der Waals surface area contributed by atoms with Crippen LogP contribution in [0.2, 0.25) is 0 Å². The van der Waals surface area contributed by atoms with E-state index in [1.54, 1.807) is 24.3 Å². The van der Waals surface area contributed by atoms with Gasteiger partial charge in [0.1, 0.15) is 17.0 Å². The van der Waals surface area contributed by atoms with E-state index in [0.717, 1.165) is 30.5 Å². The highest BCUT2D eigenvalue weighted by Crippen LogP contribution is 2.45. The number of nitrogens with zero attached hydrogens (tertiary/aromatic N) is 6. The maximum atomic E-state index is 15.2. The third-order valence-electron chi connectivity index (χ3n) is 5.75. The summed E-state index contributed by atoms with van der Waals surface area (Å²) in [5.41, 5.74) is 0.413. The van der Waals surface area contributed by atoms with Gasteiger partial charge in [0.2, 0.25) is 23.0 Å². The summed E-state index contributed by atoms with van der Waals surface area (Å²) in [7, 11) is 1.73. The summed E-state index contributed by atoms with van der Waals surface area (Å²) in [6.45, 7) is 0. The molecule has 5 rings (SSSR count). The Morgan fingerprint density at radius 3 is 2.70 bits per heavy atom. The van der Waals surface area contributed by atoms with Crippen LogP contribution in [0.15, 0.2) is 40.7 Å². The van der Waals surface area contributed by atoms with Gasteiger partial charge in [-0.25, -0.2) is 19.2 Å². The Kier molecular flexibility index (Phi) is 4.51. The fourth-order valence-electron chi connectivity index (χ4n) is 4.32. The molecule has 4 heterocycles. The Morgan fingerprint density at radius 2 is 2.00 bits per heavy atom. The number of hydrogen-bond donors (Lipinski definition) is 2. The van der Waals surface area contributed by atoms with Crippen molar-refractivity contribution in [3.05, 3.63) is 30.6 Å². The van der Waals surface area contributed by atoms with Gasteiger partial charge in [0.15, 0.2) is 5.03 Å². The van der Waals surface area contributed by atoms with Gasteiger partial charge in [0, 0.05) is 18.6 Å². The lowest BCUT2D eigenvalue weighted by atomic mass is 9.81. The summed E-state index contributed by atoms with van der Waals surface area (Å²) in [6.07, 6.45) is 7.46. The number of hydrogen-bond acceptors (Lipinski definition) is 7. The van der Waals surface area contributed by atoms with Crippen LogP contribution in [0.3, 0.4) is 0 Å². The van der Waals surface area contributed by atoms with E-state index < -0.39 is 16.6 Å². The standard InChI is InChI=1S/C19H20FN7O2S/c1-26-15-9-12-10-22-18(23-13-5-6-14(21-11-13)30(28)29)24-16(12)27(15)19(17(20)25-26)7-3-2-4-8-19/h5-6,9-11H,2-4,7-8H2,1H3,(H,28,29)(H,22,23,24). The molecule has 0 bridgehead atoms. The fourth-order valence-corrected chi connectivity index (χ4v) is 4.64. The van der Waals surface area contributed by atoms with Gasteiger partial charge in [-0.1, -0.05) is 19.3 Å². The van der Waals surface area contributed by atoms with Crippen molar-refractivity contribution in [2.75, 3.05) is 17.4 Å². The number of aromatic nitrogens is 4. The van der Waals surface area contributed by atoms with E-state index in [1.807, 2.05) is 10.6 Å². The quantitative estimate of drug-likeness (QED) is 0.613. The van der Waals surface area contributed by atoms with E-state index in [1.165, 1.54) is 12.3 Å². The van der Waals surface area contributed by atoms with Gasteiger partial charge < -0.3 is 9.87 Å². The Morgan fingerprint density at radius 1 is 1.20 bits per heavy atom. The Hall–Kier alpha value is -2.92. The average molecular weight is 429 g/mol. The summed E-state index contributed by atoms with van der Waals surface area (Å²) in [5, 5.41) is 9.62. The molecule has 1 fully saturated rings. The molecule has 30 heavy (non-hydrogen) atoms. The zero-order valence-corrected chi connectivity index (χ0v) is 17.1. The minimum atomic E-state index is -2.14. The van der Waals surface area contributed by atoms with Crippen molar-refractivity contribution >= 4 is 45.5 Å². The number of hydrazone groups is 1. The molecule has 0 amide bonds. The van der Waals surface area contributed by atoms with Crippen LogP contribution < -0.4 is 10.3 Å². The lowest BCUT2D eigenvalue weighted by molar-refractivity contribution is 0.263. The van der Waals surface area contributed by atoms with Crippen molar-refractivity contribution in [3.8, 4) is 0 Å². The molecule has 0 saturated heterocycles. The minimum Gasteiger partial charge on any atom is -0.323 e. The molecule has 11 heteroatoms. The lowest BCUT2D eigenvalue weighted by Gasteiger charge is -2.41. The Balaban J connectivity index is 1.58. The zero-order valence-electron chi connectivity index (χ0n) is 16.2. The topological polar surface area (TPSA) is 109 Å². The van der Waals surface area contributed by atoms with Crippen molar-refractivity contribution in [3.63, 3.8) is 0 Å². The predicted molar refractivity (Wildman–Crippen MR) is 112 cm³/mol. The second-order valence-electron chi connectivity index (χ2n) is 7.58. The summed E-state index contributed by atoms with van der Waals surface area (Å²) in [4.78, 5) is 13.0. The molecule has 3 aromatic heterocycles. The van der Waals surface area contributed by atoms with Crippen LogP contribution in [0.5, 0.6) is 0 Å². The maximum absolute atomic E-state index is 15.2. The third-order valence-corrected chi connectivity index (χ3v) is 6.35. The van der Waals surface area contributed by atoms with E-state index >= 15 is 4.39 Å². The van der Waals surface area contributed by atoms with Gasteiger partial charge in [-0.3, -0.25) is 4.57 Å². The highest BCUT2D eigenvalue weighted by Gasteiger charge is 2.45. The SMILES string of the molecule is CN1N=C(F)C2(CCCCC2)n2c1cc1cnc(Nc3ccc(S(=O)O)nc3)nc12. The molecule has 1 aliphatic carbocycles. The Labute approximate surface area is 174 Å². The van der Waals surface area contributed by atoms with Crippen LogP contribution in [0, 0.1) is 0 Å². The predicted octanol–water partition coefficient (Wildman–Crippen LogP) is 3.54. The highest BCUT2D eigenvalue weighted by molar-refractivity contribution is 7.79. The number of anilines is 3. The van der Waals surface area contributed by atoms with Crippen LogP contribution in [0.25, 0.3) is 11.0 Å². The number of fused-ring (bicyclic) bond motifs is 4. The summed E-state index contributed by atoms with van der Waals surface area (Å²) in [6, 6.07) is 5.01.